The van der Waals surface area contributed by atoms with Gasteiger partial charge in [0.15, 0.2) is 0 Å². The highest BCUT2D eigenvalue weighted by molar-refractivity contribution is 6.39. The minimum atomic E-state index is -2.80. The Kier molecular flexibility index (Phi) is 31.3. The number of benzene rings is 2. The Labute approximate surface area is 827 Å². The molecular weight excluding hydrogens is 1800 g/mol. The predicted octanol–water partition coefficient (Wildman–Crippen LogP) is 10.7. The number of rotatable bonds is 33. The molecule has 32 nitrogen and oxygen atoms in total. The van der Waals surface area contributed by atoms with Crippen molar-refractivity contribution in [3.63, 3.8) is 0 Å². The summed E-state index contributed by atoms with van der Waals surface area (Å²) in [6, 6.07) is 12.3. The molecule has 15 amide bonds. The molecular formula is C107H154F2N16O16. The van der Waals surface area contributed by atoms with E-state index >= 15 is 0 Å². The first-order valence-corrected chi connectivity index (χ1v) is 51.9. The van der Waals surface area contributed by atoms with Gasteiger partial charge in [-0.1, -0.05) is 235 Å². The number of pyridine rings is 1. The van der Waals surface area contributed by atoms with Crippen LogP contribution in [-0.2, 0) is 76.8 Å². The summed E-state index contributed by atoms with van der Waals surface area (Å²) in [5, 5.41) is 36.9. The van der Waals surface area contributed by atoms with Crippen LogP contribution in [0.25, 0.3) is 0 Å². The second-order valence-corrected chi connectivity index (χ2v) is 48.6. The maximum Gasteiger partial charge on any atom is 0.315 e. The van der Waals surface area contributed by atoms with Crippen molar-refractivity contribution in [3.05, 3.63) is 95.8 Å². The van der Waals surface area contributed by atoms with Crippen LogP contribution < -0.4 is 65.1 Å². The molecule has 16 N–H and O–H groups in total. The third kappa shape index (κ3) is 24.5. The van der Waals surface area contributed by atoms with Crippen LogP contribution in [0, 0.1) is 85.8 Å². The summed E-state index contributed by atoms with van der Waals surface area (Å²) in [5.74, 6) is -10.0. The number of primary amides is 3. The van der Waals surface area contributed by atoms with E-state index in [9.17, 15) is 85.8 Å². The van der Waals surface area contributed by atoms with Gasteiger partial charge in [0, 0.05) is 67.4 Å². The number of phenolic OH excluding ortho intramolecular Hbond substituents is 1. The van der Waals surface area contributed by atoms with Crippen LogP contribution in [0.1, 0.15) is 287 Å². The Morgan fingerprint density at radius 3 is 1.10 bits per heavy atom. The number of hydrogen-bond donors (Lipinski definition) is 13. The maximum atomic E-state index is 14.5. The molecule has 10 aliphatic carbocycles. The number of amides is 15. The summed E-state index contributed by atoms with van der Waals surface area (Å²) in [6.45, 7) is 26.2. The van der Waals surface area contributed by atoms with Gasteiger partial charge in [-0.05, 0) is 205 Å². The first-order valence-electron chi connectivity index (χ1n) is 51.9. The average molecular weight is 1960 g/mol. The molecule has 3 saturated heterocycles. The van der Waals surface area contributed by atoms with Gasteiger partial charge in [0.2, 0.25) is 58.7 Å². The number of piperidine rings is 3. The molecule has 13 aliphatic rings. The van der Waals surface area contributed by atoms with E-state index in [0.717, 1.165) is 152 Å². The molecule has 1 aromatic heterocycles. The Balaban J connectivity index is 0.000000168. The lowest BCUT2D eigenvalue weighted by Gasteiger charge is -2.42. The zero-order valence-corrected chi connectivity index (χ0v) is 84.8. The molecule has 0 radical (unpaired) electrons. The number of likely N-dealkylation sites (tertiary alicyclic amines) is 3. The van der Waals surface area contributed by atoms with Gasteiger partial charge < -0.3 is 84.9 Å². The van der Waals surface area contributed by atoms with E-state index < -0.39 is 170 Å². The van der Waals surface area contributed by atoms with Crippen molar-refractivity contribution in [1.82, 2.24) is 67.5 Å². The van der Waals surface area contributed by atoms with Gasteiger partial charge in [-0.2, -0.15) is 0 Å². The van der Waals surface area contributed by atoms with E-state index in [1.807, 2.05) is 131 Å². The standard InChI is InChI=1S/C36H52N6O5.C36H53N5O6.C35H49F2N5O5/c1-34(2,3)29(40-33(47)41-35(14-6-4-7-15-35)20-23-11-5-10-18-38-23)32(46)42-21-24-26(36(24)16-8-9-17-36)27(42)31(45)39-25(19-22-12-13-22)28(43)30(37)44;1-34(2,3)29(39-33(47)40-36(15-7-6-8-16-36)19-22-13-10-14-23(42)17-22)32(46)41-20-24-26(35(24,4)5)27(41)31(45)38-25(28(43)30(37)44)18-21-11-9-12-21;1-32(2,3)27(40-31(47)41-34(13-15-35(36,37)16-14-34)18-21-9-7-6-8-10-21)30(46)42-19-22-24(33(22,4)5)25(42)29(45)39-23(17-20-11-12-20)26(43)28(38)44/h5,10-11,18,22,24-27,29H,4,6-9,12-17,19-21H2,1-3H3,(H2,37,44)(H,39,45)(H2,40,41,47);10,13-14,17,21,24-27,29,42H,6-9,11-12,15-16,18-20H2,1-5H3,(H2,37,44)(H,38,45)(H2,39,40,47);6-10,20,22-25,27H,11-19H2,1-5H3,(H2,38,44)(H,39,45)(H2,40,41,47)/t2*24-,25?,26-,27-,29+;22-,23?,24-,25-,27+/m000/s1. The molecule has 3 unspecified atom stereocenters. The first-order chi connectivity index (χ1) is 66.2. The lowest BCUT2D eigenvalue weighted by molar-refractivity contribution is -0.145. The summed E-state index contributed by atoms with van der Waals surface area (Å²) < 4.78 is 28.5. The summed E-state index contributed by atoms with van der Waals surface area (Å²) in [7, 11) is 0. The van der Waals surface area contributed by atoms with Crippen molar-refractivity contribution < 1.29 is 85.8 Å². The second kappa shape index (κ2) is 41.6. The van der Waals surface area contributed by atoms with Gasteiger partial charge in [0.1, 0.15) is 42.0 Å². The fourth-order valence-corrected chi connectivity index (χ4v) is 25.4. The molecule has 10 saturated carbocycles. The van der Waals surface area contributed by atoms with Crippen LogP contribution in [0.5, 0.6) is 5.75 Å². The van der Waals surface area contributed by atoms with Gasteiger partial charge >= 0.3 is 18.1 Å². The van der Waals surface area contributed by atoms with E-state index in [0.29, 0.717) is 58.2 Å². The lowest BCUT2D eigenvalue weighted by atomic mass is 9.76. The number of carbonyl (C=O) groups is 15. The molecule has 16 rings (SSSR count). The quantitative estimate of drug-likeness (QED) is 0.0252. The highest BCUT2D eigenvalue weighted by Crippen LogP contribution is 2.73. The van der Waals surface area contributed by atoms with E-state index in [-0.39, 0.29) is 113 Å². The fraction of sp³-hybridized carbons (Fsp3) is 0.701. The zero-order chi connectivity index (χ0) is 102. The van der Waals surface area contributed by atoms with E-state index in [2.05, 4.69) is 66.7 Å². The molecule has 3 aromatic rings. The smallest absolute Gasteiger partial charge is 0.315 e. The Bertz CT molecular complexity index is 5170. The number of urea groups is 3. The minimum Gasteiger partial charge on any atom is -0.508 e. The number of ketones is 3. The Morgan fingerprint density at radius 2 is 0.745 bits per heavy atom. The van der Waals surface area contributed by atoms with Crippen molar-refractivity contribution >= 4 is 88.6 Å². The largest absolute Gasteiger partial charge is 0.508 e. The van der Waals surface area contributed by atoms with Crippen molar-refractivity contribution in [1.29, 1.82) is 0 Å². The van der Waals surface area contributed by atoms with Crippen molar-refractivity contribution in [2.75, 3.05) is 19.6 Å². The van der Waals surface area contributed by atoms with Gasteiger partial charge in [-0.3, -0.25) is 62.5 Å². The monoisotopic (exact) mass is 1960 g/mol. The van der Waals surface area contributed by atoms with Gasteiger partial charge in [-0.15, -0.1) is 0 Å². The first kappa shape index (κ1) is 106. The van der Waals surface area contributed by atoms with E-state index in [4.69, 9.17) is 17.2 Å². The van der Waals surface area contributed by atoms with Gasteiger partial charge in [0.05, 0.1) is 18.1 Å². The molecule has 4 heterocycles. The second-order valence-electron chi connectivity index (χ2n) is 48.6. The third-order valence-corrected chi connectivity index (χ3v) is 34.3. The van der Waals surface area contributed by atoms with Crippen molar-refractivity contribution in [2.24, 2.45) is 103 Å². The number of fused-ring (bicyclic) bond motifs is 5. The molecule has 0 bridgehead atoms. The van der Waals surface area contributed by atoms with Crippen LogP contribution in [-0.4, -0.2) is 210 Å². The summed E-state index contributed by atoms with van der Waals surface area (Å²) in [5.41, 5.74) is 14.4. The SMILES string of the molecule is CC(C)(C)[C@H](NC(=O)NC1(Cc2cccc(O)c2)CCCCC1)C(=O)N1C[C@H]2[C@@H]([C@H]1C(=O)NC(CC1CCC1)C(=O)C(N)=O)C2(C)C.CC(C)(C)[C@H](NC(=O)NC1(Cc2ccccc2)CCC(F)(F)CC1)C(=O)N1C[C@H]2[C@@H]([C@H]1C(=O)NC(CC1CC1)C(=O)C(N)=O)C2(C)C.CC(C)(C)[C@H](NC(=O)NC1(Cc2ccccn2)CCCCC1)C(=O)N1C[C@H]2[C@@H]([C@H]1C(=O)NC(CC1CC1)C(=O)C(N)=O)C21CCCC1. The highest BCUT2D eigenvalue weighted by atomic mass is 19.3. The summed E-state index contributed by atoms with van der Waals surface area (Å²) >= 11 is 0. The molecule has 13 fully saturated rings. The molecule has 772 valence electrons. The van der Waals surface area contributed by atoms with Crippen LogP contribution in [0.4, 0.5) is 23.2 Å². The maximum absolute atomic E-state index is 14.5. The zero-order valence-electron chi connectivity index (χ0n) is 84.8. The number of carbonyl (C=O) groups excluding carboxylic acids is 15. The van der Waals surface area contributed by atoms with E-state index in [1.54, 1.807) is 34.2 Å². The van der Waals surface area contributed by atoms with Crippen LogP contribution in [0.3, 0.4) is 0 Å². The number of nitrogens with one attached hydrogen (secondary N) is 9. The Hall–Kier alpha value is -10.7. The van der Waals surface area contributed by atoms with Crippen LogP contribution in [0.2, 0.25) is 0 Å². The number of phenols is 1. The minimum absolute atomic E-state index is 0.00229. The number of alkyl halides is 2. The van der Waals surface area contributed by atoms with Crippen LogP contribution in [0.15, 0.2) is 79.0 Å². The normalized spacial score (nSPS) is 26.5. The van der Waals surface area contributed by atoms with E-state index in [1.165, 1.54) is 4.90 Å². The molecule has 2 aromatic carbocycles. The van der Waals surface area contributed by atoms with Gasteiger partial charge in [0.25, 0.3) is 17.7 Å². The summed E-state index contributed by atoms with van der Waals surface area (Å²) in [6.07, 6.45) is 24.0. The number of halogens is 2. The molecule has 15 atom stereocenters. The topological polar surface area (TPSA) is 485 Å². The number of aromatic nitrogens is 1. The number of nitrogens with two attached hydrogens (primary N) is 3. The molecule has 34 heteroatoms. The number of hydrogen-bond acceptors (Lipinski definition) is 17. The summed E-state index contributed by atoms with van der Waals surface area (Å²) in [4.78, 5) is 209. The lowest BCUT2D eigenvalue weighted by Crippen LogP contribution is -2.63. The molecule has 141 heavy (non-hydrogen) atoms. The van der Waals surface area contributed by atoms with Crippen molar-refractivity contribution in [2.45, 2.75) is 366 Å². The third-order valence-electron chi connectivity index (χ3n) is 34.3. The average Bonchev–Trinajstić information content (AvgIpc) is 1.50. The number of Topliss-reactive ketones (excluding diaryl/α,β-unsaturated/α-hetero) is 3. The highest BCUT2D eigenvalue weighted by Gasteiger charge is 2.75. The van der Waals surface area contributed by atoms with Gasteiger partial charge in [-0.25, -0.2) is 23.2 Å². The van der Waals surface area contributed by atoms with Crippen LogP contribution >= 0.6 is 0 Å². The Morgan fingerprint density at radius 1 is 0.397 bits per heavy atom. The fourth-order valence-electron chi connectivity index (χ4n) is 25.4. The van der Waals surface area contributed by atoms with Crippen molar-refractivity contribution in [3.8, 4) is 5.75 Å². The molecule has 3 aliphatic heterocycles. The number of aromatic hydroxyl groups is 1. The number of nitrogens with zero attached hydrogens (tertiary/aromatic N) is 4. The predicted molar refractivity (Wildman–Crippen MR) is 523 cm³/mol. The molecule has 1 spiro atoms.